The lowest BCUT2D eigenvalue weighted by Gasteiger charge is -1.90. The van der Waals surface area contributed by atoms with Crippen LogP contribution in [0.15, 0.2) is 61.2 Å². The van der Waals surface area contributed by atoms with Crippen LogP contribution in [0.5, 0.6) is 0 Å². The average Bonchev–Trinajstić information content (AvgIpc) is 2.57. The van der Waals surface area contributed by atoms with Crippen molar-refractivity contribution in [2.24, 2.45) is 0 Å². The van der Waals surface area contributed by atoms with Crippen LogP contribution in [0, 0.1) is 0 Å². The van der Waals surface area contributed by atoms with Gasteiger partial charge in [0.25, 0.3) is 0 Å². The molecule has 0 saturated heterocycles. The van der Waals surface area contributed by atoms with E-state index in [1.54, 1.807) is 0 Å². The maximum absolute atomic E-state index is 9.60. The van der Waals surface area contributed by atoms with E-state index in [9.17, 15) is 9.59 Å². The van der Waals surface area contributed by atoms with Crippen LogP contribution in [0.2, 0.25) is 0 Å². The molecular weight excluding hydrogens is 324 g/mol. The lowest BCUT2D eigenvalue weighted by Crippen LogP contribution is -2.03. The second kappa shape index (κ2) is 17.7. The van der Waals surface area contributed by atoms with Crippen molar-refractivity contribution < 1.29 is 30.0 Å². The van der Waals surface area contributed by atoms with Crippen molar-refractivity contribution in [3.63, 3.8) is 0 Å². The first-order chi connectivity index (χ1) is 11.5. The van der Waals surface area contributed by atoms with Gasteiger partial charge in [0.05, 0.1) is 12.7 Å². The predicted molar refractivity (Wildman–Crippen MR) is 100 cm³/mol. The minimum absolute atomic E-state index is 0.139. The van der Waals surface area contributed by atoms with Crippen molar-refractivity contribution in [1.82, 2.24) is 0 Å². The fourth-order valence-corrected chi connectivity index (χ4v) is 0.589. The quantitative estimate of drug-likeness (QED) is 0.619. The molecule has 6 nitrogen and oxygen atoms in total. The van der Waals surface area contributed by atoms with E-state index >= 15 is 0 Å². The summed E-state index contributed by atoms with van der Waals surface area (Å²) in [5.74, 6) is -1.87. The van der Waals surface area contributed by atoms with Crippen LogP contribution in [0.1, 0.15) is 26.3 Å². The fourth-order valence-electron chi connectivity index (χ4n) is 0.589. The molecule has 1 unspecified atom stereocenters. The van der Waals surface area contributed by atoms with Gasteiger partial charge in [-0.3, -0.25) is 0 Å². The molecule has 0 aromatic heterocycles. The van der Waals surface area contributed by atoms with Gasteiger partial charge in [0, 0.05) is 11.1 Å². The predicted octanol–water partition coefficient (Wildman–Crippen LogP) is 2.98. The summed E-state index contributed by atoms with van der Waals surface area (Å²) in [7, 11) is 0. The molecule has 1 aromatic carbocycles. The number of carboxylic acids is 2. The number of carboxylic acid groups (broad SMARTS) is 2. The van der Waals surface area contributed by atoms with Gasteiger partial charge in [0.15, 0.2) is 0 Å². The molecule has 1 rings (SSSR count). The third-order valence-electron chi connectivity index (χ3n) is 2.03. The van der Waals surface area contributed by atoms with Gasteiger partial charge in [0.1, 0.15) is 0 Å². The molecule has 0 spiro atoms. The van der Waals surface area contributed by atoms with Crippen LogP contribution in [0.3, 0.4) is 0 Å². The maximum atomic E-state index is 9.60. The van der Waals surface area contributed by atoms with Crippen molar-refractivity contribution >= 4 is 18.0 Å². The third kappa shape index (κ3) is 26.5. The number of benzene rings is 1. The van der Waals surface area contributed by atoms with E-state index in [0.717, 1.165) is 0 Å². The molecule has 4 N–H and O–H groups in total. The van der Waals surface area contributed by atoms with Gasteiger partial charge in [-0.1, -0.05) is 56.1 Å². The lowest BCUT2D eigenvalue weighted by atomic mass is 10.2. The highest BCUT2D eigenvalue weighted by atomic mass is 16.4. The number of hydrogen-bond acceptors (Lipinski definition) is 4. The summed E-state index contributed by atoms with van der Waals surface area (Å²) in [6.07, 6.45) is 1.27. The number of aliphatic hydroxyl groups is 2. The third-order valence-corrected chi connectivity index (χ3v) is 2.03. The van der Waals surface area contributed by atoms with Crippen molar-refractivity contribution in [2.45, 2.75) is 26.9 Å². The van der Waals surface area contributed by atoms with Crippen LogP contribution in [-0.4, -0.2) is 45.1 Å². The van der Waals surface area contributed by atoms with Crippen LogP contribution in [-0.2, 0) is 9.59 Å². The maximum Gasteiger partial charge on any atom is 0.330 e. The summed E-state index contributed by atoms with van der Waals surface area (Å²) >= 11 is 0. The van der Waals surface area contributed by atoms with Gasteiger partial charge in [-0.2, -0.15) is 0 Å². The Balaban J connectivity index is -0.000000263. The Morgan fingerprint density at radius 1 is 1.04 bits per heavy atom. The Morgan fingerprint density at radius 2 is 1.32 bits per heavy atom. The highest BCUT2D eigenvalue weighted by Gasteiger charge is 1.90. The minimum Gasteiger partial charge on any atom is -0.478 e. The van der Waals surface area contributed by atoms with Crippen molar-refractivity contribution in [1.29, 1.82) is 0 Å². The van der Waals surface area contributed by atoms with Crippen molar-refractivity contribution in [3.05, 3.63) is 66.8 Å². The summed E-state index contributed by atoms with van der Waals surface area (Å²) in [5, 5.41) is 31.8. The monoisotopic (exact) mass is 352 g/mol. The summed E-state index contributed by atoms with van der Waals surface area (Å²) < 4.78 is 0. The molecule has 0 radical (unpaired) electrons. The SMILES string of the molecule is C=C(C)C(=O)O.C=C(C)C(=O)O.C=Cc1ccccc1.CC(O)CO. The Labute approximate surface area is 149 Å². The number of hydrogen-bond donors (Lipinski definition) is 4. The second-order valence-electron chi connectivity index (χ2n) is 4.82. The smallest absolute Gasteiger partial charge is 0.330 e. The van der Waals surface area contributed by atoms with E-state index in [-0.39, 0.29) is 17.8 Å². The molecule has 140 valence electrons. The first-order valence-corrected chi connectivity index (χ1v) is 7.23. The topological polar surface area (TPSA) is 115 Å². The van der Waals surface area contributed by atoms with Gasteiger partial charge in [0.2, 0.25) is 0 Å². The molecule has 0 fully saturated rings. The van der Waals surface area contributed by atoms with Gasteiger partial charge in [-0.25, -0.2) is 9.59 Å². The van der Waals surface area contributed by atoms with Crippen molar-refractivity contribution in [2.75, 3.05) is 6.61 Å². The molecule has 0 amide bonds. The highest BCUT2D eigenvalue weighted by Crippen LogP contribution is 1.97. The highest BCUT2D eigenvalue weighted by molar-refractivity contribution is 5.85. The molecule has 0 heterocycles. The largest absolute Gasteiger partial charge is 0.478 e. The van der Waals surface area contributed by atoms with Crippen molar-refractivity contribution in [3.8, 4) is 0 Å². The summed E-state index contributed by atoms with van der Waals surface area (Å²) in [4.78, 5) is 19.2. The number of aliphatic hydroxyl groups excluding tert-OH is 2. The zero-order valence-corrected chi connectivity index (χ0v) is 15.0. The molecular formula is C19H28O6. The van der Waals surface area contributed by atoms with Crippen LogP contribution < -0.4 is 0 Å². The van der Waals surface area contributed by atoms with Crippen LogP contribution >= 0.6 is 0 Å². The average molecular weight is 352 g/mol. The van der Waals surface area contributed by atoms with Crippen LogP contribution in [0.4, 0.5) is 0 Å². The molecule has 0 saturated carbocycles. The second-order valence-corrected chi connectivity index (χ2v) is 4.82. The normalized spacial score (nSPS) is 9.32. The van der Waals surface area contributed by atoms with E-state index in [4.69, 9.17) is 20.4 Å². The minimum atomic E-state index is -0.935. The summed E-state index contributed by atoms with van der Waals surface area (Å²) in [5.41, 5.74) is 1.53. The zero-order valence-electron chi connectivity index (χ0n) is 15.0. The Kier molecular flexibility index (Phi) is 19.2. The van der Waals surface area contributed by atoms with Crippen LogP contribution in [0.25, 0.3) is 6.08 Å². The first kappa shape index (κ1) is 27.2. The van der Waals surface area contributed by atoms with Gasteiger partial charge >= 0.3 is 11.9 Å². The molecule has 1 aromatic rings. The molecule has 0 aliphatic heterocycles. The number of aliphatic carboxylic acids is 2. The molecule has 0 aliphatic rings. The standard InChI is InChI=1S/C8H8.2C4H6O2.C3H8O2/c1-2-8-6-4-3-5-7-8;2*1-3(2)4(5)6;1-3(5)2-4/h2-7H,1H2;2*1H2,2H3,(H,5,6);3-5H,2H2,1H3. The summed E-state index contributed by atoms with van der Waals surface area (Å²) in [6, 6.07) is 10.0. The lowest BCUT2D eigenvalue weighted by molar-refractivity contribution is -0.133. The van der Waals surface area contributed by atoms with Gasteiger partial charge in [-0.15, -0.1) is 0 Å². The fraction of sp³-hybridized carbons (Fsp3) is 0.263. The van der Waals surface area contributed by atoms with Gasteiger partial charge < -0.3 is 20.4 Å². The molecule has 0 bridgehead atoms. The number of rotatable bonds is 4. The molecule has 1 atom stereocenters. The van der Waals surface area contributed by atoms with E-state index < -0.39 is 18.0 Å². The van der Waals surface area contributed by atoms with E-state index in [2.05, 4.69) is 19.7 Å². The Morgan fingerprint density at radius 3 is 1.44 bits per heavy atom. The Bertz CT molecular complexity index is 484. The summed E-state index contributed by atoms with van der Waals surface area (Å²) in [6.45, 7) is 14.2. The molecule has 0 aliphatic carbocycles. The number of carbonyl (C=O) groups is 2. The molecule has 25 heavy (non-hydrogen) atoms. The van der Waals surface area contributed by atoms with E-state index in [1.165, 1.54) is 26.3 Å². The molecule has 6 heteroatoms. The first-order valence-electron chi connectivity index (χ1n) is 7.23. The zero-order chi connectivity index (χ0) is 20.4. The van der Waals surface area contributed by atoms with E-state index in [0.29, 0.717) is 0 Å². The Hall–Kier alpha value is -2.70. The van der Waals surface area contributed by atoms with E-state index in [1.807, 2.05) is 36.4 Å². The van der Waals surface area contributed by atoms with Gasteiger partial charge in [-0.05, 0) is 26.3 Å².